The van der Waals surface area contributed by atoms with Crippen LogP contribution in [-0.4, -0.2) is 58.7 Å². The smallest absolute Gasteiger partial charge is 0.759 e. The second-order valence-corrected chi connectivity index (χ2v) is 2.75. The number of carboxylic acid groups (broad SMARTS) is 2. The Balaban J connectivity index is -0.0000000428. The first-order valence-corrected chi connectivity index (χ1v) is 4.53. The molecule has 0 amide bonds. The van der Waals surface area contributed by atoms with Crippen LogP contribution >= 0.6 is 0 Å². The number of aliphatic hydroxyl groups is 2. The summed E-state index contributed by atoms with van der Waals surface area (Å²) in [6.07, 6.45) is -4.88. The van der Waals surface area contributed by atoms with Crippen LogP contribution in [0.1, 0.15) is 0 Å². The summed E-state index contributed by atoms with van der Waals surface area (Å²) in [6.45, 7) is 2.00. The molecule has 0 saturated carbocycles. The Hall–Kier alpha value is 1.56. The van der Waals surface area contributed by atoms with Crippen LogP contribution in [0.2, 0.25) is 0 Å². The molecule has 0 bridgehead atoms. The van der Waals surface area contributed by atoms with Gasteiger partial charge in [0.25, 0.3) is 0 Å². The standard InChI is InChI=1S/C4H6O6.CH2O.Cu.K.Na.H2O4S/c5-1(3(7)8)2(6)4(9)10;1-2;;;;1-5(2,3)4/h1-2,5-6H,(H,7,8)(H,9,10);1H2;;;;(H2,1,2,3,4)/q;;+2;2*+1;/p-4. The largest absolute Gasteiger partial charge is 2.00 e. The topological polar surface area (TPSA) is 218 Å². The van der Waals surface area contributed by atoms with E-state index in [0.717, 1.165) is 0 Å². The van der Waals surface area contributed by atoms with Gasteiger partial charge in [-0.15, -0.1) is 0 Å². The molecule has 0 rings (SSSR count). The minimum absolute atomic E-state index is 0. The Morgan fingerprint density at radius 1 is 0.950 bits per heavy atom. The molecular weight excluding hydrogens is 394 g/mol. The van der Waals surface area contributed by atoms with Crippen LogP contribution < -0.4 is 91.2 Å². The first-order chi connectivity index (χ1) is 7.46. The maximum Gasteiger partial charge on any atom is 2.00 e. The van der Waals surface area contributed by atoms with Crippen molar-refractivity contribution in [2.45, 2.75) is 12.2 Å². The van der Waals surface area contributed by atoms with Crippen molar-refractivity contribution in [2.24, 2.45) is 0 Å². The number of aliphatic carboxylic acids is 2. The Morgan fingerprint density at radius 2 is 1.05 bits per heavy atom. The summed E-state index contributed by atoms with van der Waals surface area (Å²) in [5, 5.41) is 35.7. The van der Waals surface area contributed by atoms with Gasteiger partial charge >= 0.3 is 98.0 Å². The minimum atomic E-state index is -5.17. The van der Waals surface area contributed by atoms with E-state index >= 15 is 0 Å². The van der Waals surface area contributed by atoms with E-state index in [-0.39, 0.29) is 98.0 Å². The van der Waals surface area contributed by atoms with Crippen molar-refractivity contribution in [3.8, 4) is 0 Å². The molecule has 0 aromatic heterocycles. The van der Waals surface area contributed by atoms with Crippen LogP contribution in [0.15, 0.2) is 0 Å². The summed E-state index contributed by atoms with van der Waals surface area (Å²) in [5.41, 5.74) is 0. The third-order valence-corrected chi connectivity index (χ3v) is 0.782. The zero-order valence-electron chi connectivity index (χ0n) is 10.1. The normalized spacial score (nSPS) is 11.0. The van der Waals surface area contributed by atoms with E-state index in [1.807, 2.05) is 6.79 Å². The van der Waals surface area contributed by atoms with E-state index < -0.39 is 34.5 Å². The molecular formula is C5H6CuKNaO11S. The number of hydrogen-bond acceptors (Lipinski definition) is 11. The van der Waals surface area contributed by atoms with Crippen LogP contribution in [-0.2, 0) is 41.9 Å². The van der Waals surface area contributed by atoms with E-state index in [2.05, 4.69) is 0 Å². The van der Waals surface area contributed by atoms with Crippen molar-refractivity contribution in [3.05, 3.63) is 0 Å². The van der Waals surface area contributed by atoms with Crippen LogP contribution in [0.5, 0.6) is 0 Å². The Morgan fingerprint density at radius 3 is 1.10 bits per heavy atom. The molecule has 0 fully saturated rings. The average molecular weight is 400 g/mol. The number of carbonyl (C=O) groups excluding carboxylic acids is 3. The number of aliphatic hydroxyl groups excluding tert-OH is 2. The van der Waals surface area contributed by atoms with E-state index in [1.165, 1.54) is 0 Å². The van der Waals surface area contributed by atoms with Gasteiger partial charge in [0.1, 0.15) is 19.0 Å². The summed E-state index contributed by atoms with van der Waals surface area (Å²) in [4.78, 5) is 27.3. The molecule has 2 unspecified atom stereocenters. The van der Waals surface area contributed by atoms with Gasteiger partial charge in [0.2, 0.25) is 0 Å². The van der Waals surface area contributed by atoms with Crippen LogP contribution in [0.4, 0.5) is 0 Å². The second-order valence-electron chi connectivity index (χ2n) is 1.94. The van der Waals surface area contributed by atoms with Crippen LogP contribution in [0.3, 0.4) is 0 Å². The molecule has 11 nitrogen and oxygen atoms in total. The third kappa shape index (κ3) is 36.6. The maximum absolute atomic E-state index is 9.63. The summed E-state index contributed by atoms with van der Waals surface area (Å²) < 4.78 is 34.1. The van der Waals surface area contributed by atoms with E-state index in [9.17, 15) is 19.8 Å². The van der Waals surface area contributed by atoms with E-state index in [1.54, 1.807) is 0 Å². The van der Waals surface area contributed by atoms with Gasteiger partial charge in [0.15, 0.2) is 0 Å². The fraction of sp³-hybridized carbons (Fsp3) is 0.400. The quantitative estimate of drug-likeness (QED) is 0.257. The molecule has 0 aromatic rings. The van der Waals surface area contributed by atoms with Crippen LogP contribution in [0, 0.1) is 0 Å². The molecule has 0 heterocycles. The SMILES string of the molecule is C=O.O=C([O-])C(O)C(O)C(=O)[O-].O=S(=O)([O-])[O-].[Cu+2].[K+].[Na+]. The van der Waals surface area contributed by atoms with E-state index in [4.69, 9.17) is 32.5 Å². The van der Waals surface area contributed by atoms with Gasteiger partial charge in [-0.2, -0.15) is 0 Å². The second kappa shape index (κ2) is 20.6. The predicted molar refractivity (Wildman–Crippen MR) is 39.6 cm³/mol. The molecule has 20 heavy (non-hydrogen) atoms. The Labute approximate surface area is 188 Å². The summed E-state index contributed by atoms with van der Waals surface area (Å²) in [6, 6.07) is 0. The van der Waals surface area contributed by atoms with E-state index in [0.29, 0.717) is 0 Å². The number of hydrogen-bond donors (Lipinski definition) is 2. The van der Waals surface area contributed by atoms with Gasteiger partial charge in [-0.05, 0) is 0 Å². The maximum atomic E-state index is 9.63. The van der Waals surface area contributed by atoms with Gasteiger partial charge in [-0.1, -0.05) is 0 Å². The molecule has 0 aliphatic rings. The number of rotatable bonds is 3. The van der Waals surface area contributed by atoms with Crippen molar-refractivity contribution < 1.29 is 150 Å². The van der Waals surface area contributed by atoms with Crippen molar-refractivity contribution in [1.82, 2.24) is 0 Å². The molecule has 0 spiro atoms. The molecule has 0 aromatic carbocycles. The average Bonchev–Trinajstić information content (AvgIpc) is 2.15. The third-order valence-electron chi connectivity index (χ3n) is 0.782. The van der Waals surface area contributed by atoms with Crippen molar-refractivity contribution in [2.75, 3.05) is 0 Å². The summed E-state index contributed by atoms with van der Waals surface area (Å²) in [5.74, 6) is -4.12. The van der Waals surface area contributed by atoms with Crippen molar-refractivity contribution in [3.63, 3.8) is 0 Å². The first-order valence-electron chi connectivity index (χ1n) is 3.20. The molecule has 2 N–H and O–H groups in total. The molecule has 0 aliphatic heterocycles. The first kappa shape index (κ1) is 37.6. The van der Waals surface area contributed by atoms with Crippen LogP contribution in [0.25, 0.3) is 0 Å². The van der Waals surface area contributed by atoms with Crippen molar-refractivity contribution in [1.29, 1.82) is 0 Å². The molecule has 0 aliphatic carbocycles. The number of carbonyl (C=O) groups is 3. The Kier molecular flexibility index (Phi) is 38.7. The zero-order chi connectivity index (χ0) is 14.8. The van der Waals surface area contributed by atoms with Crippen molar-refractivity contribution >= 4 is 29.1 Å². The monoisotopic (exact) mass is 399 g/mol. The van der Waals surface area contributed by atoms with Gasteiger partial charge in [0.05, 0.1) is 11.9 Å². The van der Waals surface area contributed by atoms with Gasteiger partial charge in [-0.3, -0.25) is 8.42 Å². The molecule has 1 radical (unpaired) electrons. The Bertz CT molecular complexity index is 323. The zero-order valence-corrected chi connectivity index (χ0v) is 17.0. The molecule has 0 saturated heterocycles. The van der Waals surface area contributed by atoms with Gasteiger partial charge in [0, 0.05) is 10.4 Å². The molecule has 111 valence electrons. The van der Waals surface area contributed by atoms with Gasteiger partial charge < -0.3 is 43.9 Å². The predicted octanol–water partition coefficient (Wildman–Crippen LogP) is -12.3. The van der Waals surface area contributed by atoms with Gasteiger partial charge in [-0.25, -0.2) is 0 Å². The fourth-order valence-corrected chi connectivity index (χ4v) is 0.258. The number of carboxylic acids is 2. The minimum Gasteiger partial charge on any atom is -0.759 e. The summed E-state index contributed by atoms with van der Waals surface area (Å²) >= 11 is 0. The molecule has 2 atom stereocenters. The summed E-state index contributed by atoms with van der Waals surface area (Å²) in [7, 11) is -5.17. The molecule has 15 heteroatoms. The fourth-order valence-electron chi connectivity index (χ4n) is 0.258.